The summed E-state index contributed by atoms with van der Waals surface area (Å²) < 4.78 is 40.1. The van der Waals surface area contributed by atoms with Gasteiger partial charge in [0, 0.05) is 0 Å². The van der Waals surface area contributed by atoms with Crippen LogP contribution in [-0.2, 0) is 6.42 Å². The van der Waals surface area contributed by atoms with Gasteiger partial charge in [-0.15, -0.1) is 0 Å². The van der Waals surface area contributed by atoms with Gasteiger partial charge in [-0.1, -0.05) is 57.6 Å². The van der Waals surface area contributed by atoms with E-state index in [4.69, 9.17) is 0 Å². The molecule has 1 aliphatic rings. The van der Waals surface area contributed by atoms with E-state index in [0.29, 0.717) is 23.5 Å². The molecule has 124 valence electrons. The van der Waals surface area contributed by atoms with Gasteiger partial charge in [-0.3, -0.25) is 0 Å². The summed E-state index contributed by atoms with van der Waals surface area (Å²) in [7, 11) is 0. The summed E-state index contributed by atoms with van der Waals surface area (Å²) in [5.74, 6) is 0.807. The molecule has 0 aliphatic heterocycles. The van der Waals surface area contributed by atoms with Crippen molar-refractivity contribution < 1.29 is 13.2 Å². The number of aryl methyl sites for hydroxylation is 2. The second-order valence-corrected chi connectivity index (χ2v) is 6.78. The van der Waals surface area contributed by atoms with Crippen molar-refractivity contribution in [3.05, 3.63) is 34.6 Å². The van der Waals surface area contributed by atoms with Crippen molar-refractivity contribution in [3.63, 3.8) is 0 Å². The lowest BCUT2D eigenvalue weighted by Crippen LogP contribution is -2.15. The minimum atomic E-state index is -2.73. The first-order valence-electron chi connectivity index (χ1n) is 8.58. The molecule has 0 radical (unpaired) electrons. The number of alkyl halides is 2. The zero-order valence-corrected chi connectivity index (χ0v) is 13.7. The third kappa shape index (κ3) is 4.27. The van der Waals surface area contributed by atoms with Crippen LogP contribution in [-0.4, -0.2) is 0 Å². The Hall–Kier alpha value is -0.990. The molecule has 1 aliphatic carbocycles. The number of hydrogen-bond acceptors (Lipinski definition) is 0. The first-order chi connectivity index (χ1) is 10.5. The maximum atomic E-state index is 14.2. The van der Waals surface area contributed by atoms with Gasteiger partial charge in [0.25, 0.3) is 6.43 Å². The van der Waals surface area contributed by atoms with Crippen LogP contribution in [0, 0.1) is 24.6 Å². The van der Waals surface area contributed by atoms with Gasteiger partial charge in [0.1, 0.15) is 5.82 Å². The van der Waals surface area contributed by atoms with Crippen LogP contribution in [0.3, 0.4) is 0 Å². The molecule has 0 atom stereocenters. The van der Waals surface area contributed by atoms with E-state index in [1.54, 1.807) is 19.1 Å². The monoisotopic (exact) mass is 312 g/mol. The summed E-state index contributed by atoms with van der Waals surface area (Å²) in [4.78, 5) is 0. The second kappa shape index (κ2) is 8.03. The number of benzene rings is 1. The molecule has 0 nitrogen and oxygen atoms in total. The van der Waals surface area contributed by atoms with Crippen molar-refractivity contribution in [1.82, 2.24) is 0 Å². The Kier molecular flexibility index (Phi) is 6.34. The molecule has 0 spiro atoms. The highest BCUT2D eigenvalue weighted by Crippen LogP contribution is 2.35. The third-order valence-corrected chi connectivity index (χ3v) is 5.18. The number of halogens is 3. The summed E-state index contributed by atoms with van der Waals surface area (Å²) >= 11 is 0. The molecule has 0 saturated heterocycles. The Morgan fingerprint density at radius 3 is 2.18 bits per heavy atom. The van der Waals surface area contributed by atoms with Crippen LogP contribution in [0.15, 0.2) is 12.1 Å². The average Bonchev–Trinajstić information content (AvgIpc) is 2.48. The lowest BCUT2D eigenvalue weighted by Gasteiger charge is -2.28. The molecular weight excluding hydrogens is 285 g/mol. The SMILES string of the molecule is CCCC1CCC(CCc2ccc(C)c(C(F)F)c2F)CC1. The summed E-state index contributed by atoms with van der Waals surface area (Å²) in [5.41, 5.74) is 0.386. The summed E-state index contributed by atoms with van der Waals surface area (Å²) in [6, 6.07) is 3.30. The van der Waals surface area contributed by atoms with Gasteiger partial charge in [-0.25, -0.2) is 13.2 Å². The van der Waals surface area contributed by atoms with Gasteiger partial charge >= 0.3 is 0 Å². The lowest BCUT2D eigenvalue weighted by molar-refractivity contribution is 0.145. The van der Waals surface area contributed by atoms with E-state index in [9.17, 15) is 13.2 Å². The largest absolute Gasteiger partial charge is 0.266 e. The van der Waals surface area contributed by atoms with E-state index in [1.807, 2.05) is 0 Å². The smallest absolute Gasteiger partial charge is 0.206 e. The standard InChI is InChI=1S/C19H27F3/c1-3-4-14-6-8-15(9-7-14)10-12-16-11-5-13(2)17(18(16)20)19(21)22/h5,11,14-15,19H,3-4,6-10,12H2,1-2H3. The first-order valence-corrected chi connectivity index (χ1v) is 8.58. The van der Waals surface area contributed by atoms with Crippen LogP contribution in [0.5, 0.6) is 0 Å². The molecule has 0 N–H and O–H groups in total. The Bertz CT molecular complexity index is 474. The molecule has 2 rings (SSSR count). The molecule has 3 heteroatoms. The minimum Gasteiger partial charge on any atom is -0.206 e. The Morgan fingerprint density at radius 1 is 1.05 bits per heavy atom. The maximum absolute atomic E-state index is 14.2. The molecule has 1 aromatic rings. The molecule has 0 heterocycles. The lowest BCUT2D eigenvalue weighted by atomic mass is 9.78. The van der Waals surface area contributed by atoms with Gasteiger partial charge in [-0.2, -0.15) is 0 Å². The highest BCUT2D eigenvalue weighted by atomic mass is 19.3. The van der Waals surface area contributed by atoms with Crippen LogP contribution in [0.2, 0.25) is 0 Å². The third-order valence-electron chi connectivity index (χ3n) is 5.18. The highest BCUT2D eigenvalue weighted by molar-refractivity contribution is 5.34. The van der Waals surface area contributed by atoms with E-state index in [-0.39, 0.29) is 0 Å². The minimum absolute atomic E-state index is 0.344. The van der Waals surface area contributed by atoms with Gasteiger partial charge in [0.15, 0.2) is 0 Å². The van der Waals surface area contributed by atoms with Crippen molar-refractivity contribution in [1.29, 1.82) is 0 Å². The zero-order chi connectivity index (χ0) is 16.1. The maximum Gasteiger partial charge on any atom is 0.266 e. The van der Waals surface area contributed by atoms with Gasteiger partial charge in [0.2, 0.25) is 0 Å². The zero-order valence-electron chi connectivity index (χ0n) is 13.7. The first kappa shape index (κ1) is 17.4. The summed E-state index contributed by atoms with van der Waals surface area (Å²) in [5, 5.41) is 0. The Morgan fingerprint density at radius 2 is 1.64 bits per heavy atom. The van der Waals surface area contributed by atoms with Crippen molar-refractivity contribution in [3.8, 4) is 0 Å². The number of rotatable bonds is 6. The highest BCUT2D eigenvalue weighted by Gasteiger charge is 2.22. The predicted molar refractivity (Wildman–Crippen MR) is 84.8 cm³/mol. The Labute approximate surface area is 132 Å². The fourth-order valence-electron chi connectivity index (χ4n) is 3.77. The molecular formula is C19H27F3. The van der Waals surface area contributed by atoms with E-state index >= 15 is 0 Å². The predicted octanol–water partition coefficient (Wildman–Crippen LogP) is 6.61. The summed E-state index contributed by atoms with van der Waals surface area (Å²) in [6.45, 7) is 3.77. The van der Waals surface area contributed by atoms with E-state index in [1.165, 1.54) is 38.5 Å². The average molecular weight is 312 g/mol. The molecule has 1 aromatic carbocycles. The molecule has 0 amide bonds. The molecule has 0 unspecified atom stereocenters. The van der Waals surface area contributed by atoms with Crippen LogP contribution in [0.25, 0.3) is 0 Å². The van der Waals surface area contributed by atoms with E-state index in [0.717, 1.165) is 12.3 Å². The van der Waals surface area contributed by atoms with Crippen molar-refractivity contribution >= 4 is 0 Å². The van der Waals surface area contributed by atoms with E-state index < -0.39 is 17.8 Å². The van der Waals surface area contributed by atoms with Gasteiger partial charge < -0.3 is 0 Å². The van der Waals surface area contributed by atoms with E-state index in [2.05, 4.69) is 6.92 Å². The van der Waals surface area contributed by atoms with Crippen molar-refractivity contribution in [2.24, 2.45) is 11.8 Å². The van der Waals surface area contributed by atoms with Gasteiger partial charge in [0.05, 0.1) is 5.56 Å². The molecule has 0 aromatic heterocycles. The fourth-order valence-corrected chi connectivity index (χ4v) is 3.77. The van der Waals surface area contributed by atoms with Crippen molar-refractivity contribution in [2.45, 2.75) is 71.6 Å². The second-order valence-electron chi connectivity index (χ2n) is 6.78. The van der Waals surface area contributed by atoms with Gasteiger partial charge in [-0.05, 0) is 42.7 Å². The summed E-state index contributed by atoms with van der Waals surface area (Å²) in [6.07, 6.45) is 6.30. The quantitative estimate of drug-likeness (QED) is 0.554. The van der Waals surface area contributed by atoms with Crippen LogP contribution in [0.1, 0.15) is 75.0 Å². The van der Waals surface area contributed by atoms with Crippen LogP contribution >= 0.6 is 0 Å². The van der Waals surface area contributed by atoms with Crippen LogP contribution < -0.4 is 0 Å². The van der Waals surface area contributed by atoms with Crippen molar-refractivity contribution in [2.75, 3.05) is 0 Å². The normalized spacial score (nSPS) is 22.3. The fraction of sp³-hybridized carbons (Fsp3) is 0.684. The van der Waals surface area contributed by atoms with Crippen LogP contribution in [0.4, 0.5) is 13.2 Å². The topological polar surface area (TPSA) is 0 Å². The molecule has 1 saturated carbocycles. The Balaban J connectivity index is 1.91. The molecule has 0 bridgehead atoms. The molecule has 22 heavy (non-hydrogen) atoms. The number of hydrogen-bond donors (Lipinski definition) is 0. The molecule has 1 fully saturated rings.